The zero-order valence-electron chi connectivity index (χ0n) is 12.1. The lowest BCUT2D eigenvalue weighted by molar-refractivity contribution is -0.139. The molecule has 2 unspecified atom stereocenters. The van der Waals surface area contributed by atoms with E-state index in [1.807, 2.05) is 0 Å². The molecule has 2 N–H and O–H groups in total. The van der Waals surface area contributed by atoms with Gasteiger partial charge in [0, 0.05) is 31.8 Å². The summed E-state index contributed by atoms with van der Waals surface area (Å²) in [5, 5.41) is 0. The molecule has 1 fully saturated rings. The van der Waals surface area contributed by atoms with Crippen LogP contribution < -0.4 is 5.73 Å². The second-order valence-corrected chi connectivity index (χ2v) is 5.10. The van der Waals surface area contributed by atoms with Crippen molar-refractivity contribution in [3.8, 4) is 0 Å². The molecule has 0 amide bonds. The molecule has 1 saturated carbocycles. The van der Waals surface area contributed by atoms with E-state index in [2.05, 4.69) is 13.8 Å². The fourth-order valence-corrected chi connectivity index (χ4v) is 2.90. The highest BCUT2D eigenvalue weighted by Gasteiger charge is 2.51. The Labute approximate surface area is 111 Å². The van der Waals surface area contributed by atoms with Crippen LogP contribution in [0, 0.1) is 5.41 Å². The van der Waals surface area contributed by atoms with Crippen molar-refractivity contribution < 1.29 is 14.2 Å². The van der Waals surface area contributed by atoms with Crippen LogP contribution in [-0.4, -0.2) is 45.7 Å². The summed E-state index contributed by atoms with van der Waals surface area (Å²) in [5.41, 5.74) is 6.33. The lowest BCUT2D eigenvalue weighted by atomic mass is 9.59. The fourth-order valence-electron chi connectivity index (χ4n) is 2.90. The topological polar surface area (TPSA) is 53.7 Å². The van der Waals surface area contributed by atoms with Gasteiger partial charge in [0.1, 0.15) is 0 Å². The van der Waals surface area contributed by atoms with E-state index in [0.29, 0.717) is 25.4 Å². The zero-order chi connectivity index (χ0) is 13.4. The van der Waals surface area contributed by atoms with Crippen LogP contribution >= 0.6 is 0 Å². The number of rotatable bonds is 10. The van der Waals surface area contributed by atoms with Crippen molar-refractivity contribution in [3.05, 3.63) is 0 Å². The average Bonchev–Trinajstić information content (AvgIpc) is 2.38. The molecule has 0 aromatic rings. The summed E-state index contributed by atoms with van der Waals surface area (Å²) in [7, 11) is 1.71. The van der Waals surface area contributed by atoms with Crippen molar-refractivity contribution in [2.24, 2.45) is 11.1 Å². The van der Waals surface area contributed by atoms with E-state index in [1.165, 1.54) is 0 Å². The summed E-state index contributed by atoms with van der Waals surface area (Å²) in [6.07, 6.45) is 4.46. The van der Waals surface area contributed by atoms with Crippen LogP contribution in [0.3, 0.4) is 0 Å². The molecular weight excluding hydrogens is 230 g/mol. The number of nitrogens with two attached hydrogens (primary N) is 1. The van der Waals surface area contributed by atoms with E-state index >= 15 is 0 Å². The molecule has 1 rings (SSSR count). The minimum atomic E-state index is 0.204. The van der Waals surface area contributed by atoms with Gasteiger partial charge in [0.15, 0.2) is 0 Å². The van der Waals surface area contributed by atoms with Crippen molar-refractivity contribution in [3.63, 3.8) is 0 Å². The number of hydrogen-bond donors (Lipinski definition) is 1. The molecule has 0 bridgehead atoms. The molecule has 0 spiro atoms. The second kappa shape index (κ2) is 8.10. The summed E-state index contributed by atoms with van der Waals surface area (Å²) in [4.78, 5) is 0. The van der Waals surface area contributed by atoms with E-state index in [1.54, 1.807) is 7.11 Å². The van der Waals surface area contributed by atoms with Crippen LogP contribution in [0.4, 0.5) is 0 Å². The van der Waals surface area contributed by atoms with Crippen LogP contribution in [0.1, 0.15) is 39.5 Å². The monoisotopic (exact) mass is 259 g/mol. The van der Waals surface area contributed by atoms with Crippen LogP contribution in [-0.2, 0) is 14.2 Å². The molecule has 0 heterocycles. The molecule has 18 heavy (non-hydrogen) atoms. The molecule has 0 aromatic heterocycles. The van der Waals surface area contributed by atoms with Gasteiger partial charge in [0.2, 0.25) is 0 Å². The van der Waals surface area contributed by atoms with Crippen molar-refractivity contribution >= 4 is 0 Å². The summed E-state index contributed by atoms with van der Waals surface area (Å²) >= 11 is 0. The maximum absolute atomic E-state index is 6.13. The van der Waals surface area contributed by atoms with E-state index in [9.17, 15) is 0 Å². The Morgan fingerprint density at radius 2 is 1.83 bits per heavy atom. The van der Waals surface area contributed by atoms with Crippen LogP contribution in [0.15, 0.2) is 0 Å². The Balaban J connectivity index is 2.09. The van der Waals surface area contributed by atoms with Gasteiger partial charge < -0.3 is 19.9 Å². The highest BCUT2D eigenvalue weighted by atomic mass is 16.5. The zero-order valence-corrected chi connectivity index (χ0v) is 12.1. The molecule has 0 saturated heterocycles. The lowest BCUT2D eigenvalue weighted by Crippen LogP contribution is -2.61. The van der Waals surface area contributed by atoms with Gasteiger partial charge in [-0.2, -0.15) is 0 Å². The first-order valence-corrected chi connectivity index (χ1v) is 7.15. The molecule has 1 aliphatic carbocycles. The highest BCUT2D eigenvalue weighted by Crippen LogP contribution is 2.47. The Morgan fingerprint density at radius 1 is 1.11 bits per heavy atom. The average molecular weight is 259 g/mol. The molecule has 108 valence electrons. The maximum atomic E-state index is 6.13. The van der Waals surface area contributed by atoms with Gasteiger partial charge in [-0.3, -0.25) is 0 Å². The first kappa shape index (κ1) is 15.9. The predicted molar refractivity (Wildman–Crippen MR) is 72.7 cm³/mol. The first-order chi connectivity index (χ1) is 8.71. The molecule has 1 aliphatic rings. The Bertz CT molecular complexity index is 219. The van der Waals surface area contributed by atoms with Crippen molar-refractivity contribution in [2.45, 2.75) is 51.7 Å². The number of methoxy groups -OCH3 is 1. The SMILES string of the molecule is CCC1(CC)C(N)CC1OCCOCCCOC. The van der Waals surface area contributed by atoms with Crippen molar-refractivity contribution in [1.29, 1.82) is 0 Å². The normalized spacial score (nSPS) is 26.0. The minimum absolute atomic E-state index is 0.204. The first-order valence-electron chi connectivity index (χ1n) is 7.15. The molecule has 0 radical (unpaired) electrons. The smallest absolute Gasteiger partial charge is 0.0704 e. The van der Waals surface area contributed by atoms with Gasteiger partial charge in [-0.05, 0) is 25.7 Å². The summed E-state index contributed by atoms with van der Waals surface area (Å²) in [6, 6.07) is 0.306. The highest BCUT2D eigenvalue weighted by molar-refractivity contribution is 5.05. The Kier molecular flexibility index (Phi) is 7.15. The third kappa shape index (κ3) is 3.67. The van der Waals surface area contributed by atoms with E-state index < -0.39 is 0 Å². The number of hydrogen-bond acceptors (Lipinski definition) is 4. The molecule has 4 nitrogen and oxygen atoms in total. The number of ether oxygens (including phenoxy) is 3. The third-order valence-electron chi connectivity index (χ3n) is 4.35. The predicted octanol–water partition coefficient (Wildman–Crippen LogP) is 1.96. The molecule has 0 aromatic carbocycles. The third-order valence-corrected chi connectivity index (χ3v) is 4.35. The summed E-state index contributed by atoms with van der Waals surface area (Å²) < 4.78 is 16.4. The molecular formula is C14H29NO3. The molecule has 4 heteroatoms. The van der Waals surface area contributed by atoms with Crippen molar-refractivity contribution in [1.82, 2.24) is 0 Å². The Hall–Kier alpha value is -0.160. The van der Waals surface area contributed by atoms with Gasteiger partial charge in [0.25, 0.3) is 0 Å². The fraction of sp³-hybridized carbons (Fsp3) is 1.00. The van der Waals surface area contributed by atoms with Crippen molar-refractivity contribution in [2.75, 3.05) is 33.5 Å². The van der Waals surface area contributed by atoms with E-state index in [4.69, 9.17) is 19.9 Å². The molecule has 0 aliphatic heterocycles. The second-order valence-electron chi connectivity index (χ2n) is 5.10. The van der Waals surface area contributed by atoms with E-state index in [-0.39, 0.29) is 5.41 Å². The van der Waals surface area contributed by atoms with Crippen LogP contribution in [0.25, 0.3) is 0 Å². The quantitative estimate of drug-likeness (QED) is 0.609. The summed E-state index contributed by atoms with van der Waals surface area (Å²) in [6.45, 7) is 7.26. The van der Waals surface area contributed by atoms with Gasteiger partial charge in [0.05, 0.1) is 19.3 Å². The van der Waals surface area contributed by atoms with Gasteiger partial charge in [-0.25, -0.2) is 0 Å². The van der Waals surface area contributed by atoms with Crippen LogP contribution in [0.5, 0.6) is 0 Å². The largest absolute Gasteiger partial charge is 0.385 e. The van der Waals surface area contributed by atoms with Gasteiger partial charge in [-0.15, -0.1) is 0 Å². The molecule has 2 atom stereocenters. The standard InChI is InChI=1S/C14H29NO3/c1-4-14(5-2)12(15)11-13(14)18-10-9-17-8-6-7-16-3/h12-13H,4-11,15H2,1-3H3. The lowest BCUT2D eigenvalue weighted by Gasteiger charge is -2.53. The van der Waals surface area contributed by atoms with E-state index in [0.717, 1.165) is 38.9 Å². The van der Waals surface area contributed by atoms with Gasteiger partial charge >= 0.3 is 0 Å². The maximum Gasteiger partial charge on any atom is 0.0704 e. The minimum Gasteiger partial charge on any atom is -0.385 e. The summed E-state index contributed by atoms with van der Waals surface area (Å²) in [5.74, 6) is 0. The van der Waals surface area contributed by atoms with Crippen LogP contribution in [0.2, 0.25) is 0 Å². The Morgan fingerprint density at radius 3 is 2.39 bits per heavy atom. The van der Waals surface area contributed by atoms with Gasteiger partial charge in [-0.1, -0.05) is 13.8 Å².